The van der Waals surface area contributed by atoms with E-state index in [1.165, 1.54) is 16.8 Å². The van der Waals surface area contributed by atoms with Crippen molar-refractivity contribution in [1.29, 1.82) is 0 Å². The molecule has 2 aliphatic rings. The van der Waals surface area contributed by atoms with E-state index >= 15 is 0 Å². The molecule has 1 aromatic heterocycles. The predicted molar refractivity (Wildman–Crippen MR) is 110 cm³/mol. The van der Waals surface area contributed by atoms with Gasteiger partial charge < -0.3 is 10.2 Å². The molecule has 27 heavy (non-hydrogen) atoms. The van der Waals surface area contributed by atoms with Crippen LogP contribution >= 0.6 is 12.4 Å². The summed E-state index contributed by atoms with van der Waals surface area (Å²) in [5.41, 5.74) is 5.38. The molecule has 5 nitrogen and oxygen atoms in total. The second-order valence-electron chi connectivity index (χ2n) is 7.62. The van der Waals surface area contributed by atoms with Crippen LogP contribution in [0.2, 0.25) is 0 Å². The maximum atomic E-state index is 13.2. The van der Waals surface area contributed by atoms with E-state index in [-0.39, 0.29) is 18.3 Å². The molecule has 1 amide bonds. The highest BCUT2D eigenvalue weighted by atomic mass is 35.5. The third kappa shape index (κ3) is 3.76. The third-order valence-corrected chi connectivity index (χ3v) is 5.87. The summed E-state index contributed by atoms with van der Waals surface area (Å²) in [5.74, 6) is 0.803. The van der Waals surface area contributed by atoms with E-state index in [1.54, 1.807) is 0 Å². The van der Waals surface area contributed by atoms with Crippen molar-refractivity contribution in [2.75, 3.05) is 26.7 Å². The molecular weight excluding hydrogens is 360 g/mol. The lowest BCUT2D eigenvalue weighted by Crippen LogP contribution is -2.40. The van der Waals surface area contributed by atoms with Gasteiger partial charge in [0.2, 0.25) is 0 Å². The lowest BCUT2D eigenvalue weighted by Gasteiger charge is -2.31. The molecule has 1 aromatic carbocycles. The number of carbonyl (C=O) groups is 1. The van der Waals surface area contributed by atoms with Crippen molar-refractivity contribution in [3.8, 4) is 5.69 Å². The maximum absolute atomic E-state index is 13.2. The summed E-state index contributed by atoms with van der Waals surface area (Å²) in [5, 5.41) is 8.06. The Bertz CT molecular complexity index is 809. The molecule has 1 fully saturated rings. The second-order valence-corrected chi connectivity index (χ2v) is 7.62. The fraction of sp³-hybridized carbons (Fsp3) is 0.524. The van der Waals surface area contributed by atoms with Gasteiger partial charge in [0.25, 0.3) is 5.91 Å². The van der Waals surface area contributed by atoms with Crippen molar-refractivity contribution < 1.29 is 4.79 Å². The van der Waals surface area contributed by atoms with Crippen molar-refractivity contribution in [1.82, 2.24) is 20.0 Å². The lowest BCUT2D eigenvalue weighted by atomic mass is 9.96. The van der Waals surface area contributed by atoms with Crippen LogP contribution in [0.1, 0.15) is 46.6 Å². The molecule has 1 aliphatic carbocycles. The quantitative estimate of drug-likeness (QED) is 0.875. The number of aromatic nitrogens is 2. The zero-order valence-corrected chi connectivity index (χ0v) is 17.0. The number of carbonyl (C=O) groups excluding carboxylic acids is 1. The number of rotatable bonds is 4. The number of benzene rings is 1. The molecule has 0 saturated carbocycles. The molecule has 1 aliphatic heterocycles. The minimum Gasteiger partial charge on any atom is -0.337 e. The number of halogens is 1. The molecule has 146 valence electrons. The second kappa shape index (κ2) is 8.44. The summed E-state index contributed by atoms with van der Waals surface area (Å²) in [4.78, 5) is 15.2. The van der Waals surface area contributed by atoms with Crippen LogP contribution in [0.3, 0.4) is 0 Å². The van der Waals surface area contributed by atoms with Crippen LogP contribution in [0.25, 0.3) is 5.69 Å². The van der Waals surface area contributed by atoms with Crippen LogP contribution in [0.5, 0.6) is 0 Å². The fourth-order valence-corrected chi connectivity index (χ4v) is 4.39. The first kappa shape index (κ1) is 19.9. The van der Waals surface area contributed by atoms with Gasteiger partial charge in [-0.2, -0.15) is 5.10 Å². The largest absolute Gasteiger partial charge is 0.337 e. The van der Waals surface area contributed by atoms with E-state index in [0.29, 0.717) is 11.6 Å². The van der Waals surface area contributed by atoms with Crippen LogP contribution in [-0.4, -0.2) is 47.3 Å². The molecule has 1 N–H and O–H groups in total. The van der Waals surface area contributed by atoms with Crippen LogP contribution in [-0.2, 0) is 12.8 Å². The van der Waals surface area contributed by atoms with Crippen LogP contribution in [0.15, 0.2) is 24.3 Å². The van der Waals surface area contributed by atoms with Gasteiger partial charge in [0.05, 0.1) is 5.69 Å². The number of nitrogens with zero attached hydrogens (tertiary/aromatic N) is 3. The van der Waals surface area contributed by atoms with Gasteiger partial charge >= 0.3 is 0 Å². The smallest absolute Gasteiger partial charge is 0.274 e. The molecule has 2 heterocycles. The highest BCUT2D eigenvalue weighted by Crippen LogP contribution is 2.30. The van der Waals surface area contributed by atoms with Crippen molar-refractivity contribution in [3.05, 3.63) is 46.8 Å². The molecule has 0 spiro atoms. The molecule has 0 unspecified atom stereocenters. The highest BCUT2D eigenvalue weighted by Gasteiger charge is 2.31. The monoisotopic (exact) mass is 388 g/mol. The Balaban J connectivity index is 0.00000210. The van der Waals surface area contributed by atoms with E-state index < -0.39 is 0 Å². The van der Waals surface area contributed by atoms with Crippen molar-refractivity contribution >= 4 is 18.3 Å². The summed E-state index contributed by atoms with van der Waals surface area (Å²) in [6.45, 7) is 4.83. The highest BCUT2D eigenvalue weighted by molar-refractivity contribution is 5.94. The van der Waals surface area contributed by atoms with Gasteiger partial charge in [-0.25, -0.2) is 4.68 Å². The number of hydrogen-bond acceptors (Lipinski definition) is 3. The number of fused-ring (bicyclic) bond motifs is 1. The first-order valence-electron chi connectivity index (χ1n) is 9.79. The number of piperidine rings is 1. The zero-order chi connectivity index (χ0) is 18.1. The van der Waals surface area contributed by atoms with Crippen molar-refractivity contribution in [2.24, 2.45) is 5.92 Å². The Morgan fingerprint density at radius 2 is 1.96 bits per heavy atom. The number of nitrogens with one attached hydrogen (secondary N) is 1. The summed E-state index contributed by atoms with van der Waals surface area (Å²) in [6, 6.07) is 8.29. The zero-order valence-electron chi connectivity index (χ0n) is 16.2. The van der Waals surface area contributed by atoms with E-state index in [9.17, 15) is 4.79 Å². The molecule has 0 radical (unpaired) electrons. The van der Waals surface area contributed by atoms with E-state index in [2.05, 4.69) is 24.4 Å². The van der Waals surface area contributed by atoms with Crippen LogP contribution in [0.4, 0.5) is 0 Å². The van der Waals surface area contributed by atoms with Gasteiger partial charge in [-0.3, -0.25) is 4.79 Å². The van der Waals surface area contributed by atoms with Gasteiger partial charge in [-0.1, -0.05) is 18.2 Å². The van der Waals surface area contributed by atoms with Gasteiger partial charge in [-0.05, 0) is 70.2 Å². The number of para-hydroxylation sites is 1. The lowest BCUT2D eigenvalue weighted by molar-refractivity contribution is 0.0683. The molecule has 4 rings (SSSR count). The molecule has 0 atom stereocenters. The summed E-state index contributed by atoms with van der Waals surface area (Å²) in [6.07, 6.45) is 5.25. The Labute approximate surface area is 167 Å². The summed E-state index contributed by atoms with van der Waals surface area (Å²) < 4.78 is 2.03. The van der Waals surface area contributed by atoms with Crippen molar-refractivity contribution in [2.45, 2.75) is 39.0 Å². The van der Waals surface area contributed by atoms with E-state index in [1.807, 2.05) is 28.8 Å². The van der Waals surface area contributed by atoms with Gasteiger partial charge in [0, 0.05) is 24.3 Å². The molecule has 1 saturated heterocycles. The maximum Gasteiger partial charge on any atom is 0.274 e. The summed E-state index contributed by atoms with van der Waals surface area (Å²) >= 11 is 0. The van der Waals surface area contributed by atoms with E-state index in [0.717, 1.165) is 57.4 Å². The molecule has 0 bridgehead atoms. The topological polar surface area (TPSA) is 50.2 Å². The van der Waals surface area contributed by atoms with Crippen molar-refractivity contribution in [3.63, 3.8) is 0 Å². The third-order valence-electron chi connectivity index (χ3n) is 5.87. The Kier molecular flexibility index (Phi) is 6.22. The Morgan fingerprint density at radius 3 is 2.67 bits per heavy atom. The minimum atomic E-state index is 0. The van der Waals surface area contributed by atoms with Gasteiger partial charge in [-0.15, -0.1) is 12.4 Å². The Morgan fingerprint density at radius 1 is 1.22 bits per heavy atom. The normalized spacial score (nSPS) is 16.9. The van der Waals surface area contributed by atoms with Gasteiger partial charge in [0.1, 0.15) is 0 Å². The summed E-state index contributed by atoms with van der Waals surface area (Å²) in [7, 11) is 2.00. The average molecular weight is 389 g/mol. The predicted octanol–water partition coefficient (Wildman–Crippen LogP) is 3.16. The minimum absolute atomic E-state index is 0. The molecular formula is C21H29ClN4O. The first-order chi connectivity index (χ1) is 12.7. The molecule has 2 aromatic rings. The van der Waals surface area contributed by atoms with Crippen LogP contribution < -0.4 is 5.32 Å². The van der Waals surface area contributed by atoms with Gasteiger partial charge in [0.15, 0.2) is 5.69 Å². The SMILES string of the molecule is CNCC1CCN(C(=O)c2nn(-c3ccccc3C)c3c2CCC3)CC1.Cl. The number of hydrogen-bond donors (Lipinski definition) is 1. The fourth-order valence-electron chi connectivity index (χ4n) is 4.39. The van der Waals surface area contributed by atoms with E-state index in [4.69, 9.17) is 5.10 Å². The van der Waals surface area contributed by atoms with Crippen LogP contribution in [0, 0.1) is 12.8 Å². The number of amides is 1. The average Bonchev–Trinajstić information content (AvgIpc) is 3.25. The number of likely N-dealkylation sites (tertiary alicyclic amines) is 1. The molecule has 6 heteroatoms. The standard InChI is InChI=1S/C21H28N4O.ClH/c1-15-6-3-4-8-18(15)25-19-9-5-7-17(19)20(23-25)21(26)24-12-10-16(11-13-24)14-22-2;/h3-4,6,8,16,22H,5,7,9-14H2,1-2H3;1H. The Hall–Kier alpha value is -1.85. The first-order valence-corrected chi connectivity index (χ1v) is 9.79. The number of aryl methyl sites for hydroxylation is 1.